The maximum absolute atomic E-state index is 14.1. The van der Waals surface area contributed by atoms with Crippen LogP contribution in [-0.2, 0) is 6.18 Å². The van der Waals surface area contributed by atoms with Gasteiger partial charge in [-0.3, -0.25) is 0 Å². The Bertz CT molecular complexity index is 1310. The van der Waals surface area contributed by atoms with Gasteiger partial charge in [-0.05, 0) is 55.5 Å². The van der Waals surface area contributed by atoms with Crippen LogP contribution >= 0.6 is 0 Å². The Morgan fingerprint density at radius 3 is 2.38 bits per heavy atom. The Hall–Kier alpha value is -3.75. The smallest absolute Gasteiger partial charge is 0.417 e. The molecule has 0 N–H and O–H groups in total. The molecule has 0 amide bonds. The van der Waals surface area contributed by atoms with E-state index >= 15 is 0 Å². The zero-order valence-electron chi connectivity index (χ0n) is 17.2. The van der Waals surface area contributed by atoms with Gasteiger partial charge in [-0.25, -0.2) is 9.67 Å². The Labute approximate surface area is 181 Å². The molecule has 2 aromatic carbocycles. The summed E-state index contributed by atoms with van der Waals surface area (Å²) in [5, 5.41) is 4.33. The highest BCUT2D eigenvalue weighted by atomic mass is 19.4. The molecule has 32 heavy (non-hydrogen) atoms. The highest BCUT2D eigenvalue weighted by Crippen LogP contribution is 2.40. The molecule has 4 aromatic rings. The van der Waals surface area contributed by atoms with Crippen LogP contribution < -0.4 is 14.2 Å². The lowest BCUT2D eigenvalue weighted by Crippen LogP contribution is -2.15. The molecular formula is C23H18F3N3O3. The summed E-state index contributed by atoms with van der Waals surface area (Å²) in [4.78, 5) is 4.58. The minimum absolute atomic E-state index is 0.0328. The normalized spacial score (nSPS) is 13.4. The summed E-state index contributed by atoms with van der Waals surface area (Å²) in [5.41, 5.74) is 0.795. The fourth-order valence-electron chi connectivity index (χ4n) is 3.77. The summed E-state index contributed by atoms with van der Waals surface area (Å²) in [7, 11) is 1.54. The van der Waals surface area contributed by atoms with E-state index in [0.717, 1.165) is 6.07 Å². The third-order valence-corrected chi connectivity index (χ3v) is 5.27. The summed E-state index contributed by atoms with van der Waals surface area (Å²) >= 11 is 0. The number of aryl methyl sites for hydroxylation is 1. The molecule has 164 valence electrons. The number of hydrogen-bond acceptors (Lipinski definition) is 5. The highest BCUT2D eigenvalue weighted by Gasteiger charge is 2.36. The van der Waals surface area contributed by atoms with Gasteiger partial charge in [0.25, 0.3) is 0 Å². The van der Waals surface area contributed by atoms with Crippen molar-refractivity contribution >= 4 is 11.0 Å². The number of methoxy groups -OCH3 is 1. The quantitative estimate of drug-likeness (QED) is 0.438. The van der Waals surface area contributed by atoms with Crippen LogP contribution in [0, 0.1) is 6.92 Å². The van der Waals surface area contributed by atoms with Crippen LogP contribution in [0.25, 0.3) is 28.0 Å². The van der Waals surface area contributed by atoms with E-state index in [1.807, 2.05) is 0 Å². The van der Waals surface area contributed by atoms with Crippen LogP contribution in [0.1, 0.15) is 11.3 Å². The third-order valence-electron chi connectivity index (χ3n) is 5.27. The molecule has 9 heteroatoms. The summed E-state index contributed by atoms with van der Waals surface area (Å²) in [6.07, 6.45) is -4.58. The molecule has 0 unspecified atom stereocenters. The molecule has 0 spiro atoms. The molecular weight excluding hydrogens is 423 g/mol. The number of fused-ring (bicyclic) bond motifs is 2. The second-order valence-electron chi connectivity index (χ2n) is 7.31. The predicted molar refractivity (Wildman–Crippen MR) is 112 cm³/mol. The molecule has 0 radical (unpaired) electrons. The molecule has 0 atom stereocenters. The van der Waals surface area contributed by atoms with Crippen molar-refractivity contribution in [3.63, 3.8) is 0 Å². The number of aromatic nitrogens is 3. The minimum atomic E-state index is -4.58. The van der Waals surface area contributed by atoms with E-state index in [9.17, 15) is 13.2 Å². The third kappa shape index (κ3) is 3.39. The number of hydrogen-bond donors (Lipinski definition) is 0. The molecule has 0 fully saturated rings. The van der Waals surface area contributed by atoms with E-state index in [-0.39, 0.29) is 22.4 Å². The first kappa shape index (κ1) is 20.2. The largest absolute Gasteiger partial charge is 0.497 e. The maximum atomic E-state index is 14.1. The van der Waals surface area contributed by atoms with Crippen molar-refractivity contribution in [2.45, 2.75) is 13.1 Å². The first-order valence-electron chi connectivity index (χ1n) is 9.87. The van der Waals surface area contributed by atoms with Gasteiger partial charge in [0.05, 0.1) is 35.1 Å². The predicted octanol–water partition coefficient (Wildman–Crippen LogP) is 5.19. The molecule has 5 rings (SSSR count). The fourth-order valence-corrected chi connectivity index (χ4v) is 3.77. The lowest BCUT2D eigenvalue weighted by atomic mass is 10.0. The highest BCUT2D eigenvalue weighted by molar-refractivity contribution is 5.87. The number of alkyl halides is 3. The number of ether oxygens (including phenoxy) is 3. The Morgan fingerprint density at radius 2 is 1.69 bits per heavy atom. The molecule has 0 bridgehead atoms. The number of halogens is 3. The van der Waals surface area contributed by atoms with E-state index in [4.69, 9.17) is 14.2 Å². The van der Waals surface area contributed by atoms with Crippen molar-refractivity contribution in [3.05, 3.63) is 59.8 Å². The molecule has 1 aliphatic rings. The molecule has 3 heterocycles. The number of rotatable bonds is 3. The Morgan fingerprint density at radius 1 is 0.969 bits per heavy atom. The van der Waals surface area contributed by atoms with E-state index < -0.39 is 11.7 Å². The van der Waals surface area contributed by atoms with Crippen molar-refractivity contribution in [2.75, 3.05) is 20.3 Å². The lowest BCUT2D eigenvalue weighted by molar-refractivity contribution is -0.136. The first-order valence-corrected chi connectivity index (χ1v) is 9.87. The van der Waals surface area contributed by atoms with Gasteiger partial charge in [0.1, 0.15) is 19.0 Å². The zero-order valence-corrected chi connectivity index (χ0v) is 17.2. The SMILES string of the molecule is COc1ccc(-n2nc(C)c3c(C(F)(F)F)cc(-c4ccc5c(c4)OCCO5)nc32)cc1. The topological polar surface area (TPSA) is 58.4 Å². The van der Waals surface area contributed by atoms with Gasteiger partial charge >= 0.3 is 6.18 Å². The minimum Gasteiger partial charge on any atom is -0.497 e. The van der Waals surface area contributed by atoms with Gasteiger partial charge in [0.2, 0.25) is 0 Å². The van der Waals surface area contributed by atoms with Gasteiger partial charge in [0, 0.05) is 5.56 Å². The van der Waals surface area contributed by atoms with Crippen molar-refractivity contribution < 1.29 is 27.4 Å². The Kier molecular flexibility index (Phi) is 4.69. The van der Waals surface area contributed by atoms with E-state index in [1.54, 1.807) is 56.5 Å². The molecule has 1 aliphatic heterocycles. The fraction of sp³-hybridized carbons (Fsp3) is 0.217. The second-order valence-corrected chi connectivity index (χ2v) is 7.31. The lowest BCUT2D eigenvalue weighted by Gasteiger charge is -2.19. The summed E-state index contributed by atoms with van der Waals surface area (Å²) in [5.74, 6) is 1.66. The van der Waals surface area contributed by atoms with Gasteiger partial charge in [-0.15, -0.1) is 0 Å². The maximum Gasteiger partial charge on any atom is 0.417 e. The van der Waals surface area contributed by atoms with Gasteiger partial charge in [-0.2, -0.15) is 18.3 Å². The standard InChI is InChI=1S/C23H18F3N3O3/c1-13-21-17(23(24,25)26)12-18(14-3-8-19-20(11-14)32-10-9-31-19)27-22(21)29(28-13)15-4-6-16(30-2)7-5-15/h3-8,11-12H,9-10H2,1-2H3. The second kappa shape index (κ2) is 7.44. The van der Waals surface area contributed by atoms with Crippen molar-refractivity contribution in [3.8, 4) is 34.2 Å². The number of nitrogens with zero attached hydrogens (tertiary/aromatic N) is 3. The van der Waals surface area contributed by atoms with E-state index in [1.165, 1.54) is 4.68 Å². The summed E-state index contributed by atoms with van der Waals surface area (Å²) < 4.78 is 59.8. The van der Waals surface area contributed by atoms with E-state index in [2.05, 4.69) is 10.1 Å². The first-order chi connectivity index (χ1) is 15.3. The van der Waals surface area contributed by atoms with Crippen LogP contribution in [0.15, 0.2) is 48.5 Å². The van der Waals surface area contributed by atoms with Gasteiger partial charge in [-0.1, -0.05) is 0 Å². The van der Waals surface area contributed by atoms with Gasteiger partial charge in [0.15, 0.2) is 17.1 Å². The van der Waals surface area contributed by atoms with Crippen LogP contribution in [0.3, 0.4) is 0 Å². The zero-order chi connectivity index (χ0) is 22.5. The number of pyridine rings is 1. The average Bonchev–Trinajstić information content (AvgIpc) is 3.14. The van der Waals surface area contributed by atoms with Crippen LogP contribution in [-0.4, -0.2) is 35.1 Å². The van der Waals surface area contributed by atoms with E-state index in [0.29, 0.717) is 41.7 Å². The number of benzene rings is 2. The molecule has 6 nitrogen and oxygen atoms in total. The summed E-state index contributed by atoms with van der Waals surface area (Å²) in [6.45, 7) is 2.35. The molecule has 2 aromatic heterocycles. The molecule has 0 saturated carbocycles. The average molecular weight is 441 g/mol. The van der Waals surface area contributed by atoms with Crippen molar-refractivity contribution in [1.29, 1.82) is 0 Å². The van der Waals surface area contributed by atoms with Crippen molar-refractivity contribution in [1.82, 2.24) is 14.8 Å². The Balaban J connectivity index is 1.74. The van der Waals surface area contributed by atoms with Crippen LogP contribution in [0.4, 0.5) is 13.2 Å². The van der Waals surface area contributed by atoms with Crippen molar-refractivity contribution in [2.24, 2.45) is 0 Å². The molecule has 0 aliphatic carbocycles. The molecule has 0 saturated heterocycles. The van der Waals surface area contributed by atoms with Gasteiger partial charge < -0.3 is 14.2 Å². The van der Waals surface area contributed by atoms with Crippen LogP contribution in [0.2, 0.25) is 0 Å². The monoisotopic (exact) mass is 441 g/mol. The summed E-state index contributed by atoms with van der Waals surface area (Å²) in [6, 6.07) is 12.9. The van der Waals surface area contributed by atoms with Crippen LogP contribution in [0.5, 0.6) is 17.2 Å².